The van der Waals surface area contributed by atoms with Crippen molar-refractivity contribution in [2.24, 2.45) is 10.2 Å². The van der Waals surface area contributed by atoms with Gasteiger partial charge in [0.2, 0.25) is 0 Å². The predicted octanol–water partition coefficient (Wildman–Crippen LogP) is 4.75. The van der Waals surface area contributed by atoms with Crippen LogP contribution in [0.5, 0.6) is 5.75 Å². The van der Waals surface area contributed by atoms with E-state index in [1.807, 2.05) is 28.8 Å². The zero-order valence-corrected chi connectivity index (χ0v) is 12.9. The van der Waals surface area contributed by atoms with E-state index in [1.165, 1.54) is 0 Å². The maximum atomic E-state index is 9.51. The van der Waals surface area contributed by atoms with E-state index in [2.05, 4.69) is 36.0 Å². The van der Waals surface area contributed by atoms with Crippen LogP contribution in [0.4, 0.5) is 11.5 Å². The minimum absolute atomic E-state index is 0.140. The summed E-state index contributed by atoms with van der Waals surface area (Å²) in [4.78, 5) is 4.67. The fourth-order valence-corrected chi connectivity index (χ4v) is 2.24. The molecule has 22 heavy (non-hydrogen) atoms. The molecule has 5 nitrogen and oxygen atoms in total. The van der Waals surface area contributed by atoms with Crippen molar-refractivity contribution in [3.63, 3.8) is 0 Å². The third-order valence-electron chi connectivity index (χ3n) is 3.31. The summed E-state index contributed by atoms with van der Waals surface area (Å²) in [6.07, 6.45) is 1.92. The zero-order chi connectivity index (χ0) is 15.7. The Balaban J connectivity index is 2.13. The molecule has 3 rings (SSSR count). The number of phenolic OH excluding ortho intramolecular Hbond substituents is 1. The van der Waals surface area contributed by atoms with Crippen LogP contribution in [0, 0.1) is 0 Å². The lowest BCUT2D eigenvalue weighted by Gasteiger charge is -2.15. The number of pyridine rings is 1. The summed E-state index contributed by atoms with van der Waals surface area (Å²) >= 11 is 0. The predicted molar refractivity (Wildman–Crippen MR) is 86.2 cm³/mol. The van der Waals surface area contributed by atoms with Crippen LogP contribution in [0.2, 0.25) is 0 Å². The molecule has 0 aliphatic rings. The van der Waals surface area contributed by atoms with Gasteiger partial charge in [0.1, 0.15) is 11.4 Å². The van der Waals surface area contributed by atoms with Crippen LogP contribution >= 0.6 is 0 Å². The van der Waals surface area contributed by atoms with Crippen molar-refractivity contribution < 1.29 is 5.11 Å². The number of aromatic nitrogens is 2. The van der Waals surface area contributed by atoms with Gasteiger partial charge in [0.05, 0.1) is 11.4 Å². The van der Waals surface area contributed by atoms with E-state index in [0.717, 1.165) is 11.3 Å². The van der Waals surface area contributed by atoms with E-state index < -0.39 is 0 Å². The van der Waals surface area contributed by atoms with E-state index in [0.29, 0.717) is 11.5 Å². The molecule has 0 spiro atoms. The first-order chi connectivity index (χ1) is 10.4. The molecule has 0 aliphatic heterocycles. The molecule has 2 heterocycles. The molecule has 1 aromatic carbocycles. The summed E-state index contributed by atoms with van der Waals surface area (Å²) in [5.41, 5.74) is 2.20. The van der Waals surface area contributed by atoms with Crippen LogP contribution < -0.4 is 0 Å². The van der Waals surface area contributed by atoms with Crippen molar-refractivity contribution in [2.45, 2.75) is 26.2 Å². The number of hydrogen-bond acceptors (Lipinski definition) is 4. The maximum absolute atomic E-state index is 9.51. The third kappa shape index (κ3) is 2.70. The summed E-state index contributed by atoms with van der Waals surface area (Å²) in [7, 11) is 0. The Hall–Kier alpha value is -2.69. The van der Waals surface area contributed by atoms with Gasteiger partial charge in [-0.1, -0.05) is 32.9 Å². The minimum Gasteiger partial charge on any atom is -0.508 e. The molecule has 0 amide bonds. The van der Waals surface area contributed by atoms with Crippen LogP contribution in [-0.4, -0.2) is 14.5 Å². The van der Waals surface area contributed by atoms with Crippen molar-refractivity contribution in [2.75, 3.05) is 0 Å². The molecule has 0 radical (unpaired) electrons. The lowest BCUT2D eigenvalue weighted by Crippen LogP contribution is -2.11. The van der Waals surface area contributed by atoms with Crippen LogP contribution in [0.15, 0.2) is 58.9 Å². The Morgan fingerprint density at radius 3 is 2.59 bits per heavy atom. The van der Waals surface area contributed by atoms with Gasteiger partial charge in [-0.15, -0.1) is 10.2 Å². The van der Waals surface area contributed by atoms with E-state index in [9.17, 15) is 5.11 Å². The molecule has 112 valence electrons. The van der Waals surface area contributed by atoms with Crippen molar-refractivity contribution >= 4 is 17.2 Å². The molecule has 0 saturated carbocycles. The number of fused-ring (bicyclic) bond motifs is 1. The number of nitrogens with zero attached hydrogens (tertiary/aromatic N) is 4. The van der Waals surface area contributed by atoms with Gasteiger partial charge in [-0.25, -0.2) is 4.98 Å². The van der Waals surface area contributed by atoms with Crippen LogP contribution in [-0.2, 0) is 5.41 Å². The van der Waals surface area contributed by atoms with Crippen LogP contribution in [0.1, 0.15) is 26.5 Å². The molecule has 0 aliphatic carbocycles. The Morgan fingerprint density at radius 2 is 1.86 bits per heavy atom. The molecular formula is C17H18N4O. The molecule has 0 unspecified atom stereocenters. The summed E-state index contributed by atoms with van der Waals surface area (Å²) in [5.74, 6) is 0.886. The second-order valence-corrected chi connectivity index (χ2v) is 6.18. The fraction of sp³-hybridized carbons (Fsp3) is 0.235. The number of hydrogen-bond donors (Lipinski definition) is 1. The Kier molecular flexibility index (Phi) is 3.41. The highest BCUT2D eigenvalue weighted by atomic mass is 16.3. The number of aromatic hydroxyl groups is 1. The largest absolute Gasteiger partial charge is 0.508 e. The van der Waals surface area contributed by atoms with E-state index >= 15 is 0 Å². The third-order valence-corrected chi connectivity index (χ3v) is 3.31. The Labute approximate surface area is 129 Å². The number of rotatable bonds is 2. The molecule has 1 N–H and O–H groups in total. The number of benzene rings is 1. The Bertz CT molecular complexity index is 843. The summed E-state index contributed by atoms with van der Waals surface area (Å²) < 4.78 is 1.92. The SMILES string of the molecule is CC(C)(C)c1nc2ccccn2c1N=Nc1cccc(O)c1. The summed E-state index contributed by atoms with van der Waals surface area (Å²) in [6, 6.07) is 12.5. The smallest absolute Gasteiger partial charge is 0.183 e. The maximum Gasteiger partial charge on any atom is 0.183 e. The number of imidazole rings is 1. The molecule has 2 aromatic heterocycles. The molecule has 0 fully saturated rings. The van der Waals surface area contributed by atoms with Gasteiger partial charge in [0.15, 0.2) is 5.82 Å². The molecular weight excluding hydrogens is 276 g/mol. The first kappa shape index (κ1) is 14.3. The highest BCUT2D eigenvalue weighted by molar-refractivity contribution is 5.54. The first-order valence-corrected chi connectivity index (χ1v) is 7.13. The minimum atomic E-state index is -0.140. The molecule has 5 heteroatoms. The standard InChI is InChI=1S/C17H18N4O/c1-17(2,3)15-16(21-10-5-4-9-14(21)18-15)20-19-12-7-6-8-13(22)11-12/h4-11,22H,1-3H3. The van der Waals surface area contributed by atoms with Gasteiger partial charge in [0, 0.05) is 17.7 Å². The second kappa shape index (κ2) is 5.26. The average molecular weight is 294 g/mol. The number of azo groups is 1. The lowest BCUT2D eigenvalue weighted by molar-refractivity contribution is 0.475. The van der Waals surface area contributed by atoms with Crippen molar-refractivity contribution in [1.29, 1.82) is 0 Å². The summed E-state index contributed by atoms with van der Waals surface area (Å²) in [6.45, 7) is 6.30. The monoisotopic (exact) mass is 294 g/mol. The van der Waals surface area contributed by atoms with E-state index in [1.54, 1.807) is 24.3 Å². The fourth-order valence-electron chi connectivity index (χ4n) is 2.24. The second-order valence-electron chi connectivity index (χ2n) is 6.18. The van der Waals surface area contributed by atoms with Gasteiger partial charge >= 0.3 is 0 Å². The van der Waals surface area contributed by atoms with Crippen molar-refractivity contribution in [1.82, 2.24) is 9.38 Å². The van der Waals surface area contributed by atoms with E-state index in [-0.39, 0.29) is 11.2 Å². The van der Waals surface area contributed by atoms with Gasteiger partial charge in [-0.2, -0.15) is 0 Å². The lowest BCUT2D eigenvalue weighted by atomic mass is 9.92. The van der Waals surface area contributed by atoms with E-state index in [4.69, 9.17) is 0 Å². The van der Waals surface area contributed by atoms with Gasteiger partial charge < -0.3 is 5.11 Å². The molecule has 0 saturated heterocycles. The van der Waals surface area contributed by atoms with Crippen molar-refractivity contribution in [3.05, 3.63) is 54.4 Å². The highest BCUT2D eigenvalue weighted by Crippen LogP contribution is 2.33. The van der Waals surface area contributed by atoms with Crippen molar-refractivity contribution in [3.8, 4) is 5.75 Å². The van der Waals surface area contributed by atoms with Gasteiger partial charge in [-0.3, -0.25) is 4.40 Å². The average Bonchev–Trinajstić information content (AvgIpc) is 2.84. The van der Waals surface area contributed by atoms with Gasteiger partial charge in [0.25, 0.3) is 0 Å². The normalized spacial score (nSPS) is 12.3. The number of phenols is 1. The Morgan fingerprint density at radius 1 is 1.05 bits per heavy atom. The van der Waals surface area contributed by atoms with Gasteiger partial charge in [-0.05, 0) is 24.3 Å². The van der Waals surface area contributed by atoms with Crippen LogP contribution in [0.25, 0.3) is 5.65 Å². The highest BCUT2D eigenvalue weighted by Gasteiger charge is 2.23. The van der Waals surface area contributed by atoms with Crippen LogP contribution in [0.3, 0.4) is 0 Å². The molecule has 0 bridgehead atoms. The topological polar surface area (TPSA) is 62.2 Å². The molecule has 3 aromatic rings. The first-order valence-electron chi connectivity index (χ1n) is 7.13. The molecule has 0 atom stereocenters. The quantitative estimate of drug-likeness (QED) is 0.693. The zero-order valence-electron chi connectivity index (χ0n) is 12.9. The summed E-state index contributed by atoms with van der Waals surface area (Å²) in [5, 5.41) is 18.1.